The fourth-order valence-corrected chi connectivity index (χ4v) is 1.26. The minimum absolute atomic E-state index is 0.0286. The molecule has 3 nitrogen and oxygen atoms in total. The molecule has 2 rings (SSSR count). The van der Waals surface area contributed by atoms with E-state index in [-0.39, 0.29) is 17.2 Å². The number of nitrogens with one attached hydrogen (secondary N) is 1. The van der Waals surface area contributed by atoms with Crippen LogP contribution in [0.5, 0.6) is 11.5 Å². The molecule has 0 saturated carbocycles. The zero-order chi connectivity index (χ0) is 10.3. The Morgan fingerprint density at radius 1 is 1.36 bits per heavy atom. The number of hydrogen-bond donors (Lipinski definition) is 1. The summed E-state index contributed by atoms with van der Waals surface area (Å²) < 4.78 is 33.9. The first kappa shape index (κ1) is 8.93. The number of alkyl halides is 2. The average molecular weight is 199 g/mol. The second kappa shape index (κ2) is 2.67. The molecule has 1 N–H and O–H groups in total. The lowest BCUT2D eigenvalue weighted by Gasteiger charge is -2.05. The Kier molecular flexibility index (Phi) is 1.70. The highest BCUT2D eigenvalue weighted by atomic mass is 19.3. The highest BCUT2D eigenvalue weighted by Gasteiger charge is 2.44. The minimum Gasteiger partial charge on any atom is -0.395 e. The standard InChI is InChI=1S/C9H7F2NO2/c1-5(12)6-3-2-4-7-8(6)14-9(10,11)13-7/h2-4,12H,1H3. The van der Waals surface area contributed by atoms with Crippen LogP contribution in [0.3, 0.4) is 0 Å². The summed E-state index contributed by atoms with van der Waals surface area (Å²) in [4.78, 5) is 0. The highest BCUT2D eigenvalue weighted by Crippen LogP contribution is 2.43. The van der Waals surface area contributed by atoms with Gasteiger partial charge in [-0.25, -0.2) is 0 Å². The quantitative estimate of drug-likeness (QED) is 0.705. The molecular weight excluding hydrogens is 192 g/mol. The van der Waals surface area contributed by atoms with E-state index in [0.29, 0.717) is 5.56 Å². The lowest BCUT2D eigenvalue weighted by molar-refractivity contribution is -0.286. The number of ether oxygens (including phenoxy) is 2. The lowest BCUT2D eigenvalue weighted by Crippen LogP contribution is -2.26. The summed E-state index contributed by atoms with van der Waals surface area (Å²) in [5.74, 6) is -0.0934. The van der Waals surface area contributed by atoms with Gasteiger partial charge in [-0.2, -0.15) is 0 Å². The van der Waals surface area contributed by atoms with Crippen LogP contribution in [0, 0.1) is 5.41 Å². The van der Waals surface area contributed by atoms with Crippen LogP contribution in [0.25, 0.3) is 0 Å². The molecule has 1 aliphatic heterocycles. The predicted molar refractivity (Wildman–Crippen MR) is 45.1 cm³/mol. The monoisotopic (exact) mass is 199 g/mol. The van der Waals surface area contributed by atoms with Crippen LogP contribution in [0.2, 0.25) is 0 Å². The molecule has 0 atom stereocenters. The van der Waals surface area contributed by atoms with Crippen LogP contribution in [-0.4, -0.2) is 12.0 Å². The molecule has 5 heteroatoms. The SMILES string of the molecule is CC(=N)c1cccc2c1OC(F)(F)O2. The van der Waals surface area contributed by atoms with E-state index in [1.807, 2.05) is 0 Å². The fourth-order valence-electron chi connectivity index (χ4n) is 1.26. The van der Waals surface area contributed by atoms with Crippen LogP contribution < -0.4 is 9.47 Å². The van der Waals surface area contributed by atoms with Crippen molar-refractivity contribution in [2.75, 3.05) is 0 Å². The summed E-state index contributed by atoms with van der Waals surface area (Å²) in [7, 11) is 0. The molecule has 14 heavy (non-hydrogen) atoms. The number of fused-ring (bicyclic) bond motifs is 1. The lowest BCUT2D eigenvalue weighted by atomic mass is 10.1. The van der Waals surface area contributed by atoms with Gasteiger partial charge in [0.05, 0.1) is 0 Å². The maximum atomic E-state index is 12.7. The Hall–Kier alpha value is -1.65. The van der Waals surface area contributed by atoms with Crippen LogP contribution in [0.1, 0.15) is 12.5 Å². The van der Waals surface area contributed by atoms with Gasteiger partial charge in [-0.1, -0.05) is 6.07 Å². The Morgan fingerprint density at radius 3 is 2.71 bits per heavy atom. The maximum absolute atomic E-state index is 12.7. The smallest absolute Gasteiger partial charge is 0.395 e. The second-order valence-electron chi connectivity index (χ2n) is 2.93. The Balaban J connectivity index is 2.52. The maximum Gasteiger partial charge on any atom is 0.586 e. The molecular formula is C9H7F2NO2. The van der Waals surface area contributed by atoms with E-state index in [9.17, 15) is 8.78 Å². The summed E-state index contributed by atoms with van der Waals surface area (Å²) >= 11 is 0. The first-order valence-electron chi connectivity index (χ1n) is 3.94. The van der Waals surface area contributed by atoms with E-state index in [2.05, 4.69) is 9.47 Å². The number of hydrogen-bond acceptors (Lipinski definition) is 3. The Labute approximate surface area is 78.8 Å². The van der Waals surface area contributed by atoms with Crippen molar-refractivity contribution in [3.8, 4) is 11.5 Å². The number of halogens is 2. The molecule has 1 heterocycles. The van der Waals surface area contributed by atoms with Crippen LogP contribution >= 0.6 is 0 Å². The molecule has 1 aromatic carbocycles. The molecule has 1 aromatic rings. The topological polar surface area (TPSA) is 42.3 Å². The Morgan fingerprint density at radius 2 is 2.07 bits per heavy atom. The third kappa shape index (κ3) is 1.30. The van der Waals surface area contributed by atoms with E-state index in [4.69, 9.17) is 5.41 Å². The van der Waals surface area contributed by atoms with Gasteiger partial charge in [0, 0.05) is 11.3 Å². The van der Waals surface area contributed by atoms with Crippen molar-refractivity contribution in [3.05, 3.63) is 23.8 Å². The van der Waals surface area contributed by atoms with Crippen molar-refractivity contribution < 1.29 is 18.3 Å². The van der Waals surface area contributed by atoms with Gasteiger partial charge >= 0.3 is 6.29 Å². The van der Waals surface area contributed by atoms with Crippen molar-refractivity contribution in [2.24, 2.45) is 0 Å². The van der Waals surface area contributed by atoms with Gasteiger partial charge in [-0.05, 0) is 19.1 Å². The molecule has 0 fully saturated rings. The first-order chi connectivity index (χ1) is 6.49. The van der Waals surface area contributed by atoms with E-state index in [0.717, 1.165) is 0 Å². The van der Waals surface area contributed by atoms with E-state index in [1.54, 1.807) is 0 Å². The van der Waals surface area contributed by atoms with E-state index in [1.165, 1.54) is 25.1 Å². The fraction of sp³-hybridized carbons (Fsp3) is 0.222. The molecule has 74 valence electrons. The van der Waals surface area contributed by atoms with Gasteiger partial charge in [-0.15, -0.1) is 8.78 Å². The molecule has 0 spiro atoms. The van der Waals surface area contributed by atoms with Gasteiger partial charge in [0.1, 0.15) is 0 Å². The summed E-state index contributed by atoms with van der Waals surface area (Å²) in [6.07, 6.45) is -3.62. The zero-order valence-corrected chi connectivity index (χ0v) is 7.30. The van der Waals surface area contributed by atoms with Gasteiger partial charge < -0.3 is 14.9 Å². The summed E-state index contributed by atoms with van der Waals surface area (Å²) in [5.41, 5.74) is 0.475. The van der Waals surface area contributed by atoms with Crippen molar-refractivity contribution in [1.82, 2.24) is 0 Å². The third-order valence-corrected chi connectivity index (χ3v) is 1.83. The summed E-state index contributed by atoms with van der Waals surface area (Å²) in [5, 5.41) is 7.35. The van der Waals surface area contributed by atoms with Crippen LogP contribution in [0.15, 0.2) is 18.2 Å². The highest BCUT2D eigenvalue weighted by molar-refractivity contribution is 5.99. The summed E-state index contributed by atoms with van der Waals surface area (Å²) in [6, 6.07) is 4.45. The third-order valence-electron chi connectivity index (χ3n) is 1.83. The largest absolute Gasteiger partial charge is 0.586 e. The van der Waals surface area contributed by atoms with Crippen LogP contribution in [-0.2, 0) is 0 Å². The molecule has 0 amide bonds. The molecule has 1 aliphatic rings. The van der Waals surface area contributed by atoms with E-state index >= 15 is 0 Å². The number of benzene rings is 1. The van der Waals surface area contributed by atoms with Gasteiger partial charge in [0.2, 0.25) is 0 Å². The normalized spacial score (nSPS) is 16.8. The number of para-hydroxylation sites is 1. The molecule has 0 aliphatic carbocycles. The molecule has 0 aromatic heterocycles. The van der Waals surface area contributed by atoms with Gasteiger partial charge in [0.15, 0.2) is 11.5 Å². The van der Waals surface area contributed by atoms with Crippen molar-refractivity contribution in [2.45, 2.75) is 13.2 Å². The molecule has 0 bridgehead atoms. The van der Waals surface area contributed by atoms with Crippen molar-refractivity contribution in [3.63, 3.8) is 0 Å². The first-order valence-corrected chi connectivity index (χ1v) is 3.94. The van der Waals surface area contributed by atoms with Gasteiger partial charge in [-0.3, -0.25) is 0 Å². The second-order valence-corrected chi connectivity index (χ2v) is 2.93. The Bertz CT molecular complexity index is 404. The van der Waals surface area contributed by atoms with Crippen LogP contribution in [0.4, 0.5) is 8.78 Å². The predicted octanol–water partition coefficient (Wildman–Crippen LogP) is 2.40. The minimum atomic E-state index is -3.62. The molecule has 0 radical (unpaired) electrons. The van der Waals surface area contributed by atoms with Crippen molar-refractivity contribution >= 4 is 5.71 Å². The summed E-state index contributed by atoms with van der Waals surface area (Å²) in [6.45, 7) is 1.50. The van der Waals surface area contributed by atoms with Crippen molar-refractivity contribution in [1.29, 1.82) is 5.41 Å². The molecule has 0 unspecified atom stereocenters. The zero-order valence-electron chi connectivity index (χ0n) is 7.30. The van der Waals surface area contributed by atoms with E-state index < -0.39 is 6.29 Å². The number of rotatable bonds is 1. The van der Waals surface area contributed by atoms with Gasteiger partial charge in [0.25, 0.3) is 0 Å². The average Bonchev–Trinajstić information content (AvgIpc) is 2.36. The molecule has 0 saturated heterocycles.